The van der Waals surface area contributed by atoms with Crippen LogP contribution in [0.15, 0.2) is 109 Å². The second-order valence-electron chi connectivity index (χ2n) is 12.1. The highest BCUT2D eigenvalue weighted by atomic mass is 19.3. The smallest absolute Gasteiger partial charge is 0.333 e. The fourth-order valence-corrected chi connectivity index (χ4v) is 5.42. The number of nitrogens with zero attached hydrogens (tertiary/aromatic N) is 4. The first-order valence-electron chi connectivity index (χ1n) is 17.0. The normalized spacial score (nSPS) is 12.0. The molecule has 4 aromatic carbocycles. The highest BCUT2D eigenvalue weighted by Crippen LogP contribution is 2.28. The third-order valence-electron chi connectivity index (χ3n) is 8.27. The summed E-state index contributed by atoms with van der Waals surface area (Å²) in [5, 5.41) is 13.3. The summed E-state index contributed by atoms with van der Waals surface area (Å²) in [7, 11) is 0. The van der Waals surface area contributed by atoms with E-state index in [1.165, 1.54) is 49.5 Å². The van der Waals surface area contributed by atoms with Crippen molar-refractivity contribution in [2.45, 2.75) is 46.3 Å². The van der Waals surface area contributed by atoms with E-state index in [0.29, 0.717) is 55.2 Å². The lowest BCUT2D eigenvalue weighted by molar-refractivity contribution is 0.0559. The van der Waals surface area contributed by atoms with Gasteiger partial charge < -0.3 is 15.4 Å². The third kappa shape index (κ3) is 11.6. The van der Waals surface area contributed by atoms with Gasteiger partial charge in [-0.1, -0.05) is 54.6 Å². The number of benzene rings is 4. The Bertz CT molecular complexity index is 2110. The molecule has 3 radical (unpaired) electrons. The zero-order chi connectivity index (χ0) is 38.6. The van der Waals surface area contributed by atoms with Crippen molar-refractivity contribution in [3.8, 4) is 22.3 Å². The minimum absolute atomic E-state index is 0. The first-order chi connectivity index (χ1) is 26.0. The molecule has 0 atom stereocenters. The minimum Gasteiger partial charge on any atom is -0.381 e. The SMILES string of the molecule is C1CCOC1.Cc1nn(C(F)F)cc1-c1ccc(NC(=O)c2ccccc2F)cc1.Cc1nn(C(F)F)cc1-c1ccc(NCc2ccccc2F)cc1.[B]. The summed E-state index contributed by atoms with van der Waals surface area (Å²) in [6.45, 7) is 0.348. The maximum atomic E-state index is 13.6. The minimum atomic E-state index is -2.70. The van der Waals surface area contributed by atoms with Crippen LogP contribution in [0.5, 0.6) is 0 Å². The summed E-state index contributed by atoms with van der Waals surface area (Å²) in [4.78, 5) is 12.1. The van der Waals surface area contributed by atoms with Crippen LogP contribution in [0.1, 0.15) is 53.2 Å². The zero-order valence-electron chi connectivity index (χ0n) is 30.0. The maximum absolute atomic E-state index is 13.6. The topological polar surface area (TPSA) is 86.0 Å². The predicted molar refractivity (Wildman–Crippen MR) is 201 cm³/mol. The van der Waals surface area contributed by atoms with Gasteiger partial charge in [0.15, 0.2) is 0 Å². The fraction of sp³-hybridized carbons (Fsp3) is 0.225. The quantitative estimate of drug-likeness (QED) is 0.113. The van der Waals surface area contributed by atoms with Crippen LogP contribution in [0, 0.1) is 25.5 Å². The fourth-order valence-electron chi connectivity index (χ4n) is 5.42. The Balaban J connectivity index is 0.000000213. The monoisotopic (exact) mass is 759 g/mol. The molecule has 1 amide bonds. The number of anilines is 2. The highest BCUT2D eigenvalue weighted by Gasteiger charge is 2.15. The van der Waals surface area contributed by atoms with Crippen LogP contribution >= 0.6 is 0 Å². The summed E-state index contributed by atoms with van der Waals surface area (Å²) in [6, 6.07) is 26.1. The molecule has 2 aromatic heterocycles. The van der Waals surface area contributed by atoms with Gasteiger partial charge in [0.05, 0.1) is 17.0 Å². The van der Waals surface area contributed by atoms with E-state index < -0.39 is 24.8 Å². The van der Waals surface area contributed by atoms with Gasteiger partial charge in [0.2, 0.25) is 0 Å². The molecule has 15 heteroatoms. The van der Waals surface area contributed by atoms with E-state index in [9.17, 15) is 31.1 Å². The Kier molecular flexibility index (Phi) is 15.3. The maximum Gasteiger partial charge on any atom is 0.333 e. The van der Waals surface area contributed by atoms with Crippen molar-refractivity contribution in [2.75, 3.05) is 23.8 Å². The largest absolute Gasteiger partial charge is 0.381 e. The number of nitrogens with one attached hydrogen (secondary N) is 2. The first-order valence-corrected chi connectivity index (χ1v) is 17.0. The first kappa shape index (κ1) is 41.9. The molecule has 8 nitrogen and oxygen atoms in total. The standard InChI is InChI=1S/C18H14F3N3O.C18H16F3N3.C4H8O.B/c1-11-15(10-24(23-11)18(20)21)12-6-8-13(9-7-12)22-17(25)14-4-2-3-5-16(14)19;1-12-16(11-24(23-12)18(20)21)13-6-8-15(9-7-13)22-10-14-4-2-3-5-17(14)19;1-2-4-5-3-1;/h2-10,18H,1H3,(H,22,25);2-9,11,18,22H,10H2,1H3;1-4H2;. The Morgan fingerprint density at radius 1 is 0.691 bits per heavy atom. The van der Waals surface area contributed by atoms with Crippen LogP contribution in [0.25, 0.3) is 22.3 Å². The molecule has 7 rings (SSSR count). The average Bonchev–Trinajstić information content (AvgIpc) is 3.96. The number of ether oxygens (including phenoxy) is 1. The van der Waals surface area contributed by atoms with E-state index in [-0.39, 0.29) is 19.8 Å². The van der Waals surface area contributed by atoms with Crippen molar-refractivity contribution in [1.82, 2.24) is 19.6 Å². The number of carbonyl (C=O) groups excluding carboxylic acids is 1. The van der Waals surface area contributed by atoms with E-state index in [1.54, 1.807) is 62.4 Å². The summed E-state index contributed by atoms with van der Waals surface area (Å²) in [5.74, 6) is -1.42. The average molecular weight is 760 g/mol. The molecule has 6 aromatic rings. The van der Waals surface area contributed by atoms with Gasteiger partial charge in [-0.3, -0.25) is 4.79 Å². The Hall–Kier alpha value is -5.83. The zero-order valence-corrected chi connectivity index (χ0v) is 30.0. The van der Waals surface area contributed by atoms with Gasteiger partial charge in [-0.2, -0.15) is 27.8 Å². The number of amides is 1. The lowest BCUT2D eigenvalue weighted by atomic mass is 10.1. The molecule has 1 aliphatic heterocycles. The van der Waals surface area contributed by atoms with E-state index >= 15 is 0 Å². The number of rotatable bonds is 9. The van der Waals surface area contributed by atoms with Crippen LogP contribution in [0.4, 0.5) is 37.7 Å². The summed E-state index contributed by atoms with van der Waals surface area (Å²) < 4.78 is 84.2. The molecule has 1 aliphatic rings. The third-order valence-corrected chi connectivity index (χ3v) is 8.27. The lowest BCUT2D eigenvalue weighted by Crippen LogP contribution is -2.13. The van der Waals surface area contributed by atoms with Crippen LogP contribution < -0.4 is 10.6 Å². The molecular formula is C40H38BF6N6O2. The second kappa shape index (κ2) is 20.0. The Labute approximate surface area is 316 Å². The van der Waals surface area contributed by atoms with Crippen molar-refractivity contribution >= 4 is 25.7 Å². The number of alkyl halides is 4. The van der Waals surface area contributed by atoms with Gasteiger partial charge in [-0.15, -0.1) is 0 Å². The van der Waals surface area contributed by atoms with Crippen molar-refractivity contribution < 1.29 is 35.9 Å². The van der Waals surface area contributed by atoms with Gasteiger partial charge >= 0.3 is 13.1 Å². The van der Waals surface area contributed by atoms with Crippen LogP contribution in [-0.4, -0.2) is 47.1 Å². The van der Waals surface area contributed by atoms with Crippen molar-refractivity contribution in [2.24, 2.45) is 0 Å². The second-order valence-corrected chi connectivity index (χ2v) is 12.1. The van der Waals surface area contributed by atoms with Crippen molar-refractivity contribution in [3.63, 3.8) is 0 Å². The van der Waals surface area contributed by atoms with Crippen molar-refractivity contribution in [1.29, 1.82) is 0 Å². The van der Waals surface area contributed by atoms with E-state index in [0.717, 1.165) is 24.5 Å². The van der Waals surface area contributed by atoms with Gasteiger partial charge in [-0.25, -0.2) is 18.1 Å². The van der Waals surface area contributed by atoms with Gasteiger partial charge in [-0.05, 0) is 80.3 Å². The van der Waals surface area contributed by atoms with Crippen LogP contribution in [0.3, 0.4) is 0 Å². The molecule has 0 aliphatic carbocycles. The molecule has 0 bridgehead atoms. The molecule has 3 heterocycles. The number of aryl methyl sites for hydroxylation is 2. The molecule has 1 saturated heterocycles. The molecule has 55 heavy (non-hydrogen) atoms. The lowest BCUT2D eigenvalue weighted by Gasteiger charge is -2.08. The van der Waals surface area contributed by atoms with Crippen LogP contribution in [-0.2, 0) is 11.3 Å². The molecule has 2 N–H and O–H groups in total. The highest BCUT2D eigenvalue weighted by molar-refractivity contribution is 6.04. The molecule has 0 unspecified atom stereocenters. The predicted octanol–water partition coefficient (Wildman–Crippen LogP) is 10.1. The van der Waals surface area contributed by atoms with E-state index in [2.05, 4.69) is 20.8 Å². The summed E-state index contributed by atoms with van der Waals surface area (Å²) in [6.07, 6.45) is 5.16. The molecule has 0 spiro atoms. The molecule has 285 valence electrons. The van der Waals surface area contributed by atoms with E-state index in [1.807, 2.05) is 24.3 Å². The molecular weight excluding hydrogens is 721 g/mol. The van der Waals surface area contributed by atoms with Crippen LogP contribution in [0.2, 0.25) is 0 Å². The Morgan fingerprint density at radius 3 is 1.60 bits per heavy atom. The number of hydrogen-bond donors (Lipinski definition) is 2. The van der Waals surface area contributed by atoms with Gasteiger partial charge in [0, 0.05) is 68.6 Å². The van der Waals surface area contributed by atoms with Gasteiger partial charge in [0.25, 0.3) is 5.91 Å². The number of hydrogen-bond acceptors (Lipinski definition) is 5. The molecule has 0 saturated carbocycles. The van der Waals surface area contributed by atoms with Gasteiger partial charge in [0.1, 0.15) is 11.6 Å². The summed E-state index contributed by atoms with van der Waals surface area (Å²) in [5.41, 5.74) is 5.56. The molecule has 1 fully saturated rings. The number of carbonyl (C=O) groups is 1. The number of aromatic nitrogens is 4. The Morgan fingerprint density at radius 2 is 1.16 bits per heavy atom. The van der Waals surface area contributed by atoms with E-state index in [4.69, 9.17) is 4.74 Å². The number of halogens is 6. The van der Waals surface area contributed by atoms with Crippen molar-refractivity contribution in [3.05, 3.63) is 144 Å². The summed E-state index contributed by atoms with van der Waals surface area (Å²) >= 11 is 0.